The molecule has 0 aliphatic carbocycles. The Morgan fingerprint density at radius 1 is 1.37 bits per heavy atom. The summed E-state index contributed by atoms with van der Waals surface area (Å²) in [5, 5.41) is 7.49. The highest BCUT2D eigenvalue weighted by Gasteiger charge is 2.32. The third-order valence-electron chi connectivity index (χ3n) is 4.16. The average Bonchev–Trinajstić information content (AvgIpc) is 3.07. The lowest BCUT2D eigenvalue weighted by Gasteiger charge is -2.30. The summed E-state index contributed by atoms with van der Waals surface area (Å²) in [5.41, 5.74) is 0. The smallest absolute Gasteiger partial charge is 0.256 e. The van der Waals surface area contributed by atoms with Crippen LogP contribution in [0.25, 0.3) is 0 Å². The van der Waals surface area contributed by atoms with Crippen LogP contribution in [0.5, 0.6) is 0 Å². The van der Waals surface area contributed by atoms with Gasteiger partial charge in [-0.2, -0.15) is 4.98 Å². The van der Waals surface area contributed by atoms with E-state index in [0.717, 1.165) is 45.0 Å². The van der Waals surface area contributed by atoms with Crippen LogP contribution in [-0.2, 0) is 4.74 Å². The second kappa shape index (κ2) is 5.56. The fraction of sp³-hybridized carbons (Fsp3) is 0.846. The normalized spacial score (nSPS) is 30.6. The molecule has 0 aromatic carbocycles. The number of piperazine rings is 1. The molecule has 3 unspecified atom stereocenters. The van der Waals surface area contributed by atoms with Crippen molar-refractivity contribution in [3.63, 3.8) is 0 Å². The molecule has 0 radical (unpaired) electrons. The van der Waals surface area contributed by atoms with Gasteiger partial charge in [0.15, 0.2) is 5.82 Å². The van der Waals surface area contributed by atoms with Crippen LogP contribution < -0.4 is 5.32 Å². The van der Waals surface area contributed by atoms with E-state index in [0.29, 0.717) is 11.8 Å². The molecule has 3 rings (SSSR count). The first-order chi connectivity index (χ1) is 9.25. The molecular formula is C13H22N4O2. The molecule has 3 heterocycles. The zero-order chi connectivity index (χ0) is 13.2. The molecule has 2 fully saturated rings. The molecule has 1 N–H and O–H groups in total. The molecule has 2 saturated heterocycles. The van der Waals surface area contributed by atoms with Gasteiger partial charge < -0.3 is 14.6 Å². The molecule has 2 aliphatic heterocycles. The Bertz CT molecular complexity index is 417. The summed E-state index contributed by atoms with van der Waals surface area (Å²) in [6.07, 6.45) is 1.05. The van der Waals surface area contributed by atoms with Crippen LogP contribution in [-0.4, -0.2) is 47.8 Å². The maximum absolute atomic E-state index is 5.67. The molecule has 6 heteroatoms. The molecule has 1 aromatic rings. The van der Waals surface area contributed by atoms with Gasteiger partial charge in [0.25, 0.3) is 5.89 Å². The lowest BCUT2D eigenvalue weighted by Crippen LogP contribution is -2.44. The molecular weight excluding hydrogens is 244 g/mol. The van der Waals surface area contributed by atoms with Crippen LogP contribution >= 0.6 is 0 Å². The molecule has 0 bridgehead atoms. The number of nitrogens with zero attached hydrogens (tertiary/aromatic N) is 3. The van der Waals surface area contributed by atoms with E-state index in [1.807, 2.05) is 0 Å². The summed E-state index contributed by atoms with van der Waals surface area (Å²) in [6.45, 7) is 9.20. The second-order valence-corrected chi connectivity index (χ2v) is 5.51. The Morgan fingerprint density at radius 2 is 2.16 bits per heavy atom. The van der Waals surface area contributed by atoms with Crippen molar-refractivity contribution in [2.24, 2.45) is 5.92 Å². The maximum atomic E-state index is 5.67. The standard InChI is InChI=1S/C13H22N4O2/c1-9-3-8-18-11(9)13-15-12(16-19-13)10(2)17-6-4-14-5-7-17/h9-11,14H,3-8H2,1-2H3. The van der Waals surface area contributed by atoms with Crippen LogP contribution in [0.2, 0.25) is 0 Å². The quantitative estimate of drug-likeness (QED) is 0.885. The molecule has 0 saturated carbocycles. The lowest BCUT2D eigenvalue weighted by molar-refractivity contribution is 0.0661. The van der Waals surface area contributed by atoms with Crippen molar-refractivity contribution in [1.82, 2.24) is 20.4 Å². The summed E-state index contributed by atoms with van der Waals surface area (Å²) in [6, 6.07) is 0.205. The second-order valence-electron chi connectivity index (χ2n) is 5.51. The minimum Gasteiger partial charge on any atom is -0.368 e. The Labute approximate surface area is 113 Å². The average molecular weight is 266 g/mol. The Kier molecular flexibility index (Phi) is 3.81. The SMILES string of the molecule is CC1CCOC1c1nc(C(C)N2CCNCC2)no1. The van der Waals surface area contributed by atoms with Gasteiger partial charge in [-0.3, -0.25) is 4.90 Å². The summed E-state index contributed by atoms with van der Waals surface area (Å²) in [4.78, 5) is 6.93. The van der Waals surface area contributed by atoms with Gasteiger partial charge >= 0.3 is 0 Å². The van der Waals surface area contributed by atoms with E-state index >= 15 is 0 Å². The predicted octanol–water partition coefficient (Wildman–Crippen LogP) is 1.13. The van der Waals surface area contributed by atoms with Gasteiger partial charge in [-0.25, -0.2) is 0 Å². The summed E-state index contributed by atoms with van der Waals surface area (Å²) < 4.78 is 11.1. The highest BCUT2D eigenvalue weighted by molar-refractivity contribution is 4.98. The number of ether oxygens (including phenoxy) is 1. The van der Waals surface area contributed by atoms with Gasteiger partial charge in [0.2, 0.25) is 0 Å². The number of hydrogen-bond donors (Lipinski definition) is 1. The van der Waals surface area contributed by atoms with E-state index in [-0.39, 0.29) is 12.1 Å². The van der Waals surface area contributed by atoms with Crippen molar-refractivity contribution < 1.29 is 9.26 Å². The topological polar surface area (TPSA) is 63.4 Å². The van der Waals surface area contributed by atoms with Gasteiger partial charge in [-0.05, 0) is 19.3 Å². The van der Waals surface area contributed by atoms with Crippen LogP contribution in [0.1, 0.15) is 44.1 Å². The summed E-state index contributed by atoms with van der Waals surface area (Å²) in [7, 11) is 0. The van der Waals surface area contributed by atoms with Crippen LogP contribution in [0.4, 0.5) is 0 Å². The summed E-state index contributed by atoms with van der Waals surface area (Å²) in [5.74, 6) is 1.88. The van der Waals surface area contributed by atoms with Gasteiger partial charge in [0.1, 0.15) is 6.10 Å². The van der Waals surface area contributed by atoms with E-state index in [4.69, 9.17) is 9.26 Å². The number of nitrogens with one attached hydrogen (secondary N) is 1. The van der Waals surface area contributed by atoms with Crippen LogP contribution in [0.3, 0.4) is 0 Å². The molecule has 2 aliphatic rings. The molecule has 19 heavy (non-hydrogen) atoms. The molecule has 6 nitrogen and oxygen atoms in total. The number of hydrogen-bond acceptors (Lipinski definition) is 6. The third kappa shape index (κ3) is 2.66. The van der Waals surface area contributed by atoms with Gasteiger partial charge in [-0.1, -0.05) is 12.1 Å². The van der Waals surface area contributed by atoms with E-state index in [1.165, 1.54) is 0 Å². The third-order valence-corrected chi connectivity index (χ3v) is 4.16. The fourth-order valence-electron chi connectivity index (χ4n) is 2.78. The van der Waals surface area contributed by atoms with Crippen molar-refractivity contribution in [2.45, 2.75) is 32.4 Å². The van der Waals surface area contributed by atoms with E-state index in [9.17, 15) is 0 Å². The molecule has 3 atom stereocenters. The molecule has 1 aromatic heterocycles. The Balaban J connectivity index is 1.69. The zero-order valence-electron chi connectivity index (χ0n) is 11.6. The largest absolute Gasteiger partial charge is 0.368 e. The van der Waals surface area contributed by atoms with Crippen molar-refractivity contribution in [2.75, 3.05) is 32.8 Å². The molecule has 0 amide bonds. The van der Waals surface area contributed by atoms with Crippen molar-refractivity contribution in [3.05, 3.63) is 11.7 Å². The monoisotopic (exact) mass is 266 g/mol. The van der Waals surface area contributed by atoms with Crippen molar-refractivity contribution in [1.29, 1.82) is 0 Å². The minimum atomic E-state index is -0.0172. The first-order valence-electron chi connectivity index (χ1n) is 7.15. The zero-order valence-corrected chi connectivity index (χ0v) is 11.6. The lowest BCUT2D eigenvalue weighted by atomic mass is 10.0. The van der Waals surface area contributed by atoms with Crippen molar-refractivity contribution >= 4 is 0 Å². The predicted molar refractivity (Wildman–Crippen MR) is 69.6 cm³/mol. The summed E-state index contributed by atoms with van der Waals surface area (Å²) >= 11 is 0. The van der Waals surface area contributed by atoms with Crippen LogP contribution in [0.15, 0.2) is 4.52 Å². The molecule has 0 spiro atoms. The number of rotatable bonds is 3. The van der Waals surface area contributed by atoms with E-state index in [2.05, 4.69) is 34.2 Å². The highest BCUT2D eigenvalue weighted by atomic mass is 16.5. The fourth-order valence-corrected chi connectivity index (χ4v) is 2.78. The number of aromatic nitrogens is 2. The van der Waals surface area contributed by atoms with Crippen molar-refractivity contribution in [3.8, 4) is 0 Å². The Morgan fingerprint density at radius 3 is 2.84 bits per heavy atom. The first kappa shape index (κ1) is 13.0. The first-order valence-corrected chi connectivity index (χ1v) is 7.15. The van der Waals surface area contributed by atoms with Crippen LogP contribution in [0, 0.1) is 5.92 Å². The van der Waals surface area contributed by atoms with E-state index in [1.54, 1.807) is 0 Å². The Hall–Kier alpha value is -0.980. The molecule has 106 valence electrons. The van der Waals surface area contributed by atoms with E-state index < -0.39 is 0 Å². The van der Waals surface area contributed by atoms with Gasteiger partial charge in [0, 0.05) is 32.8 Å². The van der Waals surface area contributed by atoms with Gasteiger partial charge in [0.05, 0.1) is 6.04 Å². The maximum Gasteiger partial charge on any atom is 0.256 e. The minimum absolute atomic E-state index is 0.0172. The van der Waals surface area contributed by atoms with Gasteiger partial charge in [-0.15, -0.1) is 0 Å². The highest BCUT2D eigenvalue weighted by Crippen LogP contribution is 2.33.